The minimum absolute atomic E-state index is 0.0181. The molecule has 1 aromatic heterocycles. The topological polar surface area (TPSA) is 98.7 Å². The number of ether oxygens (including phenoxy) is 1. The van der Waals surface area contributed by atoms with Crippen molar-refractivity contribution in [3.05, 3.63) is 69.1 Å². The van der Waals surface area contributed by atoms with Crippen LogP contribution in [0.15, 0.2) is 40.9 Å². The highest BCUT2D eigenvalue weighted by molar-refractivity contribution is 6.39. The average molecular weight is 530 g/mol. The van der Waals surface area contributed by atoms with Crippen molar-refractivity contribution in [1.29, 1.82) is 0 Å². The third-order valence-corrected chi connectivity index (χ3v) is 7.98. The number of nitrogens with zero attached hydrogens (tertiary/aromatic N) is 2. The van der Waals surface area contributed by atoms with Crippen molar-refractivity contribution in [3.8, 4) is 11.3 Å². The fourth-order valence-corrected chi connectivity index (χ4v) is 6.03. The molecule has 3 atom stereocenters. The first-order chi connectivity index (χ1) is 17.3. The molecule has 3 fully saturated rings. The largest absolute Gasteiger partial charge is 0.458 e. The van der Waals surface area contributed by atoms with E-state index in [1.54, 1.807) is 24.3 Å². The minimum atomic E-state index is -0.674. The van der Waals surface area contributed by atoms with Crippen LogP contribution in [0.2, 0.25) is 10.0 Å². The number of carbonyl (C=O) groups excluding carboxylic acids is 2. The van der Waals surface area contributed by atoms with Crippen molar-refractivity contribution in [2.45, 2.75) is 43.7 Å². The molecule has 2 aromatic carbocycles. The Bertz CT molecular complexity index is 1370. The lowest BCUT2D eigenvalue weighted by atomic mass is 10.0. The van der Waals surface area contributed by atoms with Gasteiger partial charge in [0.05, 0.1) is 15.7 Å². The number of anilines is 1. The number of halogens is 3. The first kappa shape index (κ1) is 23.3. The number of hydrogen-bond donors (Lipinski definition) is 1. The van der Waals surface area contributed by atoms with E-state index < -0.39 is 17.7 Å². The van der Waals surface area contributed by atoms with E-state index in [1.807, 2.05) is 4.90 Å². The summed E-state index contributed by atoms with van der Waals surface area (Å²) in [6.45, 7) is 0.539. The van der Waals surface area contributed by atoms with Crippen LogP contribution in [0, 0.1) is 11.7 Å². The third-order valence-electron chi connectivity index (χ3n) is 7.35. The van der Waals surface area contributed by atoms with Crippen molar-refractivity contribution >= 4 is 40.8 Å². The fourth-order valence-electron chi connectivity index (χ4n) is 5.45. The standard InChI is InChI=1S/C26H22Cl2FN3O4/c27-16-2-1-3-17(28)21(16)23-22(24(36-31-23)12-4-5-12)26(34)35-20-10-15-8-14(20)11-32(15)19-7-6-13(25(30)33)9-18(19)29/h1-3,6-7,9,12,14-15,20H,4-5,8,10-11H2,(H2,30,33)/t14-,15-,20?/m0/s1. The second kappa shape index (κ2) is 8.78. The molecule has 2 N–H and O–H groups in total. The van der Waals surface area contributed by atoms with Gasteiger partial charge in [-0.2, -0.15) is 0 Å². The molecule has 1 saturated heterocycles. The summed E-state index contributed by atoms with van der Waals surface area (Å²) in [5, 5.41) is 4.90. The normalized spacial score (nSPS) is 22.8. The zero-order chi connectivity index (χ0) is 25.1. The van der Waals surface area contributed by atoms with Crippen molar-refractivity contribution in [2.24, 2.45) is 11.7 Å². The highest BCUT2D eigenvalue weighted by atomic mass is 35.5. The first-order valence-corrected chi connectivity index (χ1v) is 12.6. The maximum atomic E-state index is 14.7. The molecule has 1 amide bonds. The van der Waals surface area contributed by atoms with Crippen LogP contribution in [-0.2, 0) is 4.74 Å². The van der Waals surface area contributed by atoms with Gasteiger partial charge in [-0.05, 0) is 49.6 Å². The number of aromatic nitrogens is 1. The second-order valence-corrected chi connectivity index (χ2v) is 10.5. The van der Waals surface area contributed by atoms with Crippen LogP contribution in [0.1, 0.15) is 58.1 Å². The Morgan fingerprint density at radius 1 is 1.14 bits per heavy atom. The zero-order valence-corrected chi connectivity index (χ0v) is 20.6. The molecular formula is C26H22Cl2FN3O4. The van der Waals surface area contributed by atoms with Gasteiger partial charge < -0.3 is 19.9 Å². The molecule has 7 nitrogen and oxygen atoms in total. The Kier molecular flexibility index (Phi) is 5.68. The van der Waals surface area contributed by atoms with Crippen LogP contribution in [-0.4, -0.2) is 35.7 Å². The molecule has 3 aromatic rings. The Balaban J connectivity index is 1.23. The number of piperidine rings is 1. The number of amides is 1. The summed E-state index contributed by atoms with van der Waals surface area (Å²) in [4.78, 5) is 26.8. The lowest BCUT2D eigenvalue weighted by Crippen LogP contribution is -2.40. The van der Waals surface area contributed by atoms with Crippen LogP contribution < -0.4 is 10.6 Å². The second-order valence-electron chi connectivity index (χ2n) is 9.65. The van der Waals surface area contributed by atoms with Gasteiger partial charge in [0.2, 0.25) is 5.91 Å². The summed E-state index contributed by atoms with van der Waals surface area (Å²) in [6, 6.07) is 9.37. The molecule has 0 spiro atoms. The Morgan fingerprint density at radius 3 is 2.50 bits per heavy atom. The summed E-state index contributed by atoms with van der Waals surface area (Å²) in [5.41, 5.74) is 6.81. The summed E-state index contributed by atoms with van der Waals surface area (Å²) in [5.74, 6) is -1.00. The molecule has 2 saturated carbocycles. The quantitative estimate of drug-likeness (QED) is 0.418. The van der Waals surface area contributed by atoms with E-state index in [1.165, 1.54) is 6.07 Å². The van der Waals surface area contributed by atoms with E-state index in [0.717, 1.165) is 25.3 Å². The van der Waals surface area contributed by atoms with Gasteiger partial charge in [-0.15, -0.1) is 0 Å². The van der Waals surface area contributed by atoms with Gasteiger partial charge in [-0.1, -0.05) is 34.4 Å². The summed E-state index contributed by atoms with van der Waals surface area (Å²) in [6.07, 6.45) is 2.85. The number of hydrogen-bond acceptors (Lipinski definition) is 6. The first-order valence-electron chi connectivity index (χ1n) is 11.8. The van der Waals surface area contributed by atoms with Gasteiger partial charge in [0.1, 0.15) is 23.2 Å². The van der Waals surface area contributed by atoms with Gasteiger partial charge in [-0.3, -0.25) is 4.79 Å². The molecule has 3 aliphatic rings. The average Bonchev–Trinajstić information content (AvgIpc) is 3.28. The predicted molar refractivity (Wildman–Crippen MR) is 132 cm³/mol. The Hall–Kier alpha value is -3.10. The van der Waals surface area contributed by atoms with E-state index in [2.05, 4.69) is 5.16 Å². The van der Waals surface area contributed by atoms with Gasteiger partial charge in [0, 0.05) is 42.0 Å². The molecule has 6 rings (SSSR count). The van der Waals surface area contributed by atoms with Crippen molar-refractivity contribution < 1.29 is 23.2 Å². The van der Waals surface area contributed by atoms with Crippen LogP contribution in [0.25, 0.3) is 11.3 Å². The van der Waals surface area contributed by atoms with Crippen LogP contribution >= 0.6 is 23.2 Å². The highest BCUT2D eigenvalue weighted by Gasteiger charge is 2.48. The Labute approximate surface area is 216 Å². The number of rotatable bonds is 6. The lowest BCUT2D eigenvalue weighted by Gasteiger charge is -2.33. The van der Waals surface area contributed by atoms with Gasteiger partial charge in [-0.25, -0.2) is 9.18 Å². The van der Waals surface area contributed by atoms with Crippen molar-refractivity contribution in [1.82, 2.24) is 5.16 Å². The third kappa shape index (κ3) is 3.92. The van der Waals surface area contributed by atoms with Crippen LogP contribution in [0.5, 0.6) is 0 Å². The number of primary amides is 1. The number of benzene rings is 2. The van der Waals surface area contributed by atoms with E-state index in [0.29, 0.717) is 45.7 Å². The molecule has 2 aliphatic carbocycles. The summed E-state index contributed by atoms with van der Waals surface area (Å²) in [7, 11) is 0. The monoisotopic (exact) mass is 529 g/mol. The molecule has 1 aliphatic heterocycles. The maximum Gasteiger partial charge on any atom is 0.344 e. The molecule has 0 radical (unpaired) electrons. The highest BCUT2D eigenvalue weighted by Crippen LogP contribution is 2.47. The van der Waals surface area contributed by atoms with E-state index in [4.69, 9.17) is 38.2 Å². The smallest absolute Gasteiger partial charge is 0.344 e. The number of fused-ring (bicyclic) bond motifs is 2. The van der Waals surface area contributed by atoms with Gasteiger partial charge in [0.15, 0.2) is 5.76 Å². The fraction of sp³-hybridized carbons (Fsp3) is 0.346. The SMILES string of the molecule is NC(=O)c1ccc(N2C[C@@H]3C[C@H]2CC3OC(=O)c2c(-c3c(Cl)cccc3Cl)noc2C2CC2)c(F)c1. The molecule has 2 heterocycles. The molecule has 2 bridgehead atoms. The predicted octanol–water partition coefficient (Wildman–Crippen LogP) is 5.59. The molecular weight excluding hydrogens is 508 g/mol. The number of carbonyl (C=O) groups is 2. The molecule has 10 heteroatoms. The number of esters is 1. The lowest BCUT2D eigenvalue weighted by molar-refractivity contribution is 0.0191. The van der Waals surface area contributed by atoms with Gasteiger partial charge >= 0.3 is 5.97 Å². The summed E-state index contributed by atoms with van der Waals surface area (Å²) >= 11 is 12.8. The Morgan fingerprint density at radius 2 is 1.89 bits per heavy atom. The van der Waals surface area contributed by atoms with Crippen LogP contribution in [0.4, 0.5) is 10.1 Å². The summed E-state index contributed by atoms with van der Waals surface area (Å²) < 4.78 is 26.3. The van der Waals surface area contributed by atoms with E-state index in [9.17, 15) is 14.0 Å². The van der Waals surface area contributed by atoms with E-state index in [-0.39, 0.29) is 35.1 Å². The van der Waals surface area contributed by atoms with E-state index >= 15 is 0 Å². The minimum Gasteiger partial charge on any atom is -0.458 e. The maximum absolute atomic E-state index is 14.7. The zero-order valence-electron chi connectivity index (χ0n) is 19.0. The van der Waals surface area contributed by atoms with Gasteiger partial charge in [0.25, 0.3) is 0 Å². The molecule has 1 unspecified atom stereocenters. The molecule has 186 valence electrons. The van der Waals surface area contributed by atoms with Crippen molar-refractivity contribution in [2.75, 3.05) is 11.4 Å². The molecule has 36 heavy (non-hydrogen) atoms. The van der Waals surface area contributed by atoms with Crippen molar-refractivity contribution in [3.63, 3.8) is 0 Å². The van der Waals surface area contributed by atoms with Crippen LogP contribution in [0.3, 0.4) is 0 Å². The number of nitrogens with two attached hydrogens (primary N) is 1.